The molecule has 0 spiro atoms. The first-order valence-corrected chi connectivity index (χ1v) is 6.72. The van der Waals surface area contributed by atoms with Crippen LogP contribution in [0.2, 0.25) is 0 Å². The van der Waals surface area contributed by atoms with Crippen LogP contribution < -0.4 is 0 Å². The molecule has 3 nitrogen and oxygen atoms in total. The van der Waals surface area contributed by atoms with E-state index in [1.165, 1.54) is 18.4 Å². The number of aliphatic hydroxyl groups excluding tert-OH is 1. The van der Waals surface area contributed by atoms with Crippen LogP contribution in [0, 0.1) is 5.92 Å². The molecular formula is C15H23NO2. The third-order valence-corrected chi connectivity index (χ3v) is 3.72. The number of ether oxygens (including phenoxy) is 1. The van der Waals surface area contributed by atoms with Gasteiger partial charge in [0.05, 0.1) is 6.61 Å². The van der Waals surface area contributed by atoms with E-state index < -0.39 is 0 Å². The minimum Gasteiger partial charge on any atom is -0.392 e. The molecule has 0 atom stereocenters. The van der Waals surface area contributed by atoms with Gasteiger partial charge in [-0.25, -0.2) is 0 Å². The molecule has 1 aromatic carbocycles. The molecule has 0 amide bonds. The zero-order chi connectivity index (χ0) is 12.8. The summed E-state index contributed by atoms with van der Waals surface area (Å²) >= 11 is 0. The first kappa shape index (κ1) is 13.5. The average Bonchev–Trinajstić information content (AvgIpc) is 2.42. The lowest BCUT2D eigenvalue weighted by molar-refractivity contribution is 0.0968. The van der Waals surface area contributed by atoms with Gasteiger partial charge < -0.3 is 9.84 Å². The zero-order valence-corrected chi connectivity index (χ0v) is 11.1. The van der Waals surface area contributed by atoms with Crippen LogP contribution in [0.15, 0.2) is 24.3 Å². The Morgan fingerprint density at radius 1 is 1.17 bits per heavy atom. The Kier molecular flexibility index (Phi) is 5.17. The molecule has 1 N–H and O–H groups in total. The highest BCUT2D eigenvalue weighted by Crippen LogP contribution is 2.19. The molecule has 0 aliphatic carbocycles. The number of hydrogen-bond acceptors (Lipinski definition) is 3. The summed E-state index contributed by atoms with van der Waals surface area (Å²) in [7, 11) is 1.79. The Bertz CT molecular complexity index is 342. The largest absolute Gasteiger partial charge is 0.392 e. The van der Waals surface area contributed by atoms with Gasteiger partial charge in [0.1, 0.15) is 0 Å². The summed E-state index contributed by atoms with van der Waals surface area (Å²) in [4.78, 5) is 2.50. The molecule has 1 aromatic rings. The van der Waals surface area contributed by atoms with Gasteiger partial charge >= 0.3 is 0 Å². The fraction of sp³-hybridized carbons (Fsp3) is 0.600. The minimum atomic E-state index is 0.128. The SMILES string of the molecule is COCC1CCN(Cc2ccc(CO)cc2)CC1. The molecule has 1 aliphatic heterocycles. The van der Waals surface area contributed by atoms with Crippen LogP contribution in [-0.2, 0) is 17.9 Å². The lowest BCUT2D eigenvalue weighted by Crippen LogP contribution is -2.34. The number of hydrogen-bond donors (Lipinski definition) is 1. The van der Waals surface area contributed by atoms with Crippen molar-refractivity contribution in [2.45, 2.75) is 26.0 Å². The molecule has 1 saturated heterocycles. The van der Waals surface area contributed by atoms with Crippen molar-refractivity contribution in [2.75, 3.05) is 26.8 Å². The van der Waals surface area contributed by atoms with Gasteiger partial charge in [-0.1, -0.05) is 24.3 Å². The molecule has 1 aliphatic rings. The maximum absolute atomic E-state index is 9.01. The molecule has 1 heterocycles. The van der Waals surface area contributed by atoms with Gasteiger partial charge in [0.15, 0.2) is 0 Å². The summed E-state index contributed by atoms with van der Waals surface area (Å²) in [6.45, 7) is 4.37. The Balaban J connectivity index is 1.80. The molecule has 1 fully saturated rings. The molecule has 0 bridgehead atoms. The van der Waals surface area contributed by atoms with Crippen molar-refractivity contribution in [3.63, 3.8) is 0 Å². The lowest BCUT2D eigenvalue weighted by atomic mass is 9.97. The number of rotatable bonds is 5. The molecule has 0 aromatic heterocycles. The van der Waals surface area contributed by atoms with E-state index in [2.05, 4.69) is 17.0 Å². The smallest absolute Gasteiger partial charge is 0.0681 e. The van der Waals surface area contributed by atoms with E-state index in [1.54, 1.807) is 7.11 Å². The highest BCUT2D eigenvalue weighted by molar-refractivity contribution is 5.21. The quantitative estimate of drug-likeness (QED) is 0.867. The predicted molar refractivity (Wildman–Crippen MR) is 72.2 cm³/mol. The Labute approximate surface area is 109 Å². The van der Waals surface area contributed by atoms with Gasteiger partial charge in [-0.05, 0) is 43.0 Å². The Hall–Kier alpha value is -0.900. The van der Waals surface area contributed by atoms with Crippen LogP contribution in [0.4, 0.5) is 0 Å². The third kappa shape index (κ3) is 3.80. The fourth-order valence-corrected chi connectivity index (χ4v) is 2.56. The number of likely N-dealkylation sites (tertiary alicyclic amines) is 1. The van der Waals surface area contributed by atoms with E-state index in [-0.39, 0.29) is 6.61 Å². The van der Waals surface area contributed by atoms with Gasteiger partial charge in [-0.3, -0.25) is 4.90 Å². The van der Waals surface area contributed by atoms with Crippen molar-refractivity contribution < 1.29 is 9.84 Å². The Morgan fingerprint density at radius 3 is 2.33 bits per heavy atom. The van der Waals surface area contributed by atoms with Crippen LogP contribution in [0.25, 0.3) is 0 Å². The van der Waals surface area contributed by atoms with Crippen molar-refractivity contribution in [1.29, 1.82) is 0 Å². The molecule has 100 valence electrons. The number of nitrogens with zero attached hydrogens (tertiary/aromatic N) is 1. The number of aliphatic hydroxyl groups is 1. The van der Waals surface area contributed by atoms with Crippen molar-refractivity contribution in [3.05, 3.63) is 35.4 Å². The van der Waals surface area contributed by atoms with E-state index in [0.717, 1.165) is 37.7 Å². The van der Waals surface area contributed by atoms with Crippen LogP contribution in [-0.4, -0.2) is 36.8 Å². The van der Waals surface area contributed by atoms with Crippen molar-refractivity contribution in [3.8, 4) is 0 Å². The maximum Gasteiger partial charge on any atom is 0.0681 e. The summed E-state index contributed by atoms with van der Waals surface area (Å²) in [6.07, 6.45) is 2.48. The minimum absolute atomic E-state index is 0.128. The van der Waals surface area contributed by atoms with Gasteiger partial charge in [0, 0.05) is 20.3 Å². The number of piperidine rings is 1. The first-order valence-electron chi connectivity index (χ1n) is 6.72. The summed E-state index contributed by atoms with van der Waals surface area (Å²) in [6, 6.07) is 8.25. The monoisotopic (exact) mass is 249 g/mol. The van der Waals surface area contributed by atoms with Gasteiger partial charge in [-0.15, -0.1) is 0 Å². The second kappa shape index (κ2) is 6.88. The van der Waals surface area contributed by atoms with E-state index in [9.17, 15) is 0 Å². The van der Waals surface area contributed by atoms with Crippen molar-refractivity contribution in [1.82, 2.24) is 4.90 Å². The molecule has 0 radical (unpaired) electrons. The molecular weight excluding hydrogens is 226 g/mol. The van der Waals surface area contributed by atoms with Crippen LogP contribution >= 0.6 is 0 Å². The second-order valence-electron chi connectivity index (χ2n) is 5.15. The van der Waals surface area contributed by atoms with E-state index in [0.29, 0.717) is 0 Å². The van der Waals surface area contributed by atoms with E-state index in [4.69, 9.17) is 9.84 Å². The zero-order valence-electron chi connectivity index (χ0n) is 11.1. The first-order chi connectivity index (χ1) is 8.81. The summed E-state index contributed by atoms with van der Waals surface area (Å²) in [5.74, 6) is 0.739. The van der Waals surface area contributed by atoms with Crippen LogP contribution in [0.5, 0.6) is 0 Å². The topological polar surface area (TPSA) is 32.7 Å². The summed E-state index contributed by atoms with van der Waals surface area (Å²) in [5.41, 5.74) is 2.31. The van der Waals surface area contributed by atoms with E-state index >= 15 is 0 Å². The summed E-state index contributed by atoms with van der Waals surface area (Å²) in [5, 5.41) is 9.01. The number of methoxy groups -OCH3 is 1. The number of benzene rings is 1. The molecule has 0 saturated carbocycles. The lowest BCUT2D eigenvalue weighted by Gasteiger charge is -2.31. The molecule has 0 unspecified atom stereocenters. The summed E-state index contributed by atoms with van der Waals surface area (Å²) < 4.78 is 5.22. The average molecular weight is 249 g/mol. The highest BCUT2D eigenvalue weighted by Gasteiger charge is 2.18. The predicted octanol–water partition coefficient (Wildman–Crippen LogP) is 2.04. The van der Waals surface area contributed by atoms with Crippen LogP contribution in [0.1, 0.15) is 24.0 Å². The van der Waals surface area contributed by atoms with Crippen molar-refractivity contribution >= 4 is 0 Å². The standard InChI is InChI=1S/C15H23NO2/c1-18-12-15-6-8-16(9-7-15)10-13-2-4-14(11-17)5-3-13/h2-5,15,17H,6-12H2,1H3. The molecule has 3 heteroatoms. The Morgan fingerprint density at radius 2 is 1.78 bits per heavy atom. The maximum atomic E-state index is 9.01. The second-order valence-corrected chi connectivity index (χ2v) is 5.15. The van der Waals surface area contributed by atoms with Crippen LogP contribution in [0.3, 0.4) is 0 Å². The normalized spacial score (nSPS) is 18.1. The van der Waals surface area contributed by atoms with Gasteiger partial charge in [-0.2, -0.15) is 0 Å². The van der Waals surface area contributed by atoms with Crippen molar-refractivity contribution in [2.24, 2.45) is 5.92 Å². The molecule has 18 heavy (non-hydrogen) atoms. The van der Waals surface area contributed by atoms with Gasteiger partial charge in [0.2, 0.25) is 0 Å². The fourth-order valence-electron chi connectivity index (χ4n) is 2.56. The third-order valence-electron chi connectivity index (χ3n) is 3.72. The highest BCUT2D eigenvalue weighted by atomic mass is 16.5. The van der Waals surface area contributed by atoms with E-state index in [1.807, 2.05) is 12.1 Å². The molecule has 2 rings (SSSR count). The van der Waals surface area contributed by atoms with Gasteiger partial charge in [0.25, 0.3) is 0 Å².